The number of unbranched alkanes of at least 4 members (excludes halogenated alkanes) is 2. The van der Waals surface area contributed by atoms with Crippen molar-refractivity contribution in [2.45, 2.75) is 51.0 Å². The Morgan fingerprint density at radius 1 is 1.09 bits per heavy atom. The van der Waals surface area contributed by atoms with E-state index in [-0.39, 0.29) is 12.3 Å². The molecule has 1 saturated heterocycles. The molecule has 2 amide bonds. The van der Waals surface area contributed by atoms with E-state index in [9.17, 15) is 9.59 Å². The number of anilines is 2. The number of nitrogens with zero attached hydrogens (tertiary/aromatic N) is 3. The summed E-state index contributed by atoms with van der Waals surface area (Å²) in [6.07, 6.45) is 4.86. The van der Waals surface area contributed by atoms with Crippen LogP contribution in [0.25, 0.3) is 10.9 Å². The number of benzene rings is 1. The van der Waals surface area contributed by atoms with Gasteiger partial charge in [0.1, 0.15) is 11.6 Å². The fraction of sp³-hybridized carbons (Fsp3) is 0.583. The Bertz CT molecular complexity index is 980. The minimum atomic E-state index is -0.403. The summed E-state index contributed by atoms with van der Waals surface area (Å²) in [7, 11) is 3.77. The number of hydrogen-bond acceptors (Lipinski definition) is 9. The molecule has 1 aliphatic heterocycles. The summed E-state index contributed by atoms with van der Waals surface area (Å²) in [6.45, 7) is 3.04. The Balaban J connectivity index is 1.51. The SMILES string of the molecule is COc1ccc2c(NC3CCN(C)CC3)nc(NCCNC(=O)CCCCCC(=O)NO)nc2c1. The molecule has 1 aromatic carbocycles. The predicted molar refractivity (Wildman–Crippen MR) is 135 cm³/mol. The molecule has 11 nitrogen and oxygen atoms in total. The summed E-state index contributed by atoms with van der Waals surface area (Å²) < 4.78 is 5.37. The van der Waals surface area contributed by atoms with Gasteiger partial charge in [-0.3, -0.25) is 14.8 Å². The Morgan fingerprint density at radius 2 is 1.83 bits per heavy atom. The van der Waals surface area contributed by atoms with Gasteiger partial charge in [-0.05, 0) is 58.0 Å². The largest absolute Gasteiger partial charge is 0.497 e. The lowest BCUT2D eigenvalue weighted by molar-refractivity contribution is -0.129. The number of aromatic nitrogens is 2. The van der Waals surface area contributed by atoms with Crippen molar-refractivity contribution in [3.05, 3.63) is 18.2 Å². The number of rotatable bonds is 13. The van der Waals surface area contributed by atoms with Crippen LogP contribution in [0.1, 0.15) is 44.9 Å². The quantitative estimate of drug-likeness (QED) is 0.163. The molecule has 1 fully saturated rings. The number of piperidine rings is 1. The van der Waals surface area contributed by atoms with Crippen LogP contribution >= 0.6 is 0 Å². The lowest BCUT2D eigenvalue weighted by atomic mass is 10.1. The van der Waals surface area contributed by atoms with E-state index in [4.69, 9.17) is 14.9 Å². The molecule has 11 heteroatoms. The smallest absolute Gasteiger partial charge is 0.243 e. The van der Waals surface area contributed by atoms with Gasteiger partial charge in [0.15, 0.2) is 0 Å². The summed E-state index contributed by atoms with van der Waals surface area (Å²) in [5.74, 6) is 1.59. The van der Waals surface area contributed by atoms with Crippen molar-refractivity contribution in [2.75, 3.05) is 51.0 Å². The molecule has 0 radical (unpaired) electrons. The van der Waals surface area contributed by atoms with Gasteiger partial charge in [0.25, 0.3) is 0 Å². The first-order chi connectivity index (χ1) is 17.0. The average Bonchev–Trinajstić information content (AvgIpc) is 2.87. The van der Waals surface area contributed by atoms with E-state index in [2.05, 4.69) is 32.9 Å². The minimum Gasteiger partial charge on any atom is -0.497 e. The van der Waals surface area contributed by atoms with Crippen molar-refractivity contribution in [2.24, 2.45) is 0 Å². The third kappa shape index (κ3) is 8.52. The molecular formula is C24H37N7O4. The van der Waals surface area contributed by atoms with Crippen LogP contribution in [0.2, 0.25) is 0 Å². The van der Waals surface area contributed by atoms with Crippen LogP contribution < -0.4 is 26.2 Å². The Kier molecular flexibility index (Phi) is 10.3. The molecule has 0 aliphatic carbocycles. The zero-order chi connectivity index (χ0) is 25.0. The second-order valence-electron chi connectivity index (χ2n) is 8.87. The number of carbonyl (C=O) groups is 2. The van der Waals surface area contributed by atoms with Crippen molar-refractivity contribution in [1.82, 2.24) is 25.7 Å². The fourth-order valence-corrected chi connectivity index (χ4v) is 4.04. The number of hydroxylamine groups is 1. The van der Waals surface area contributed by atoms with E-state index < -0.39 is 5.91 Å². The number of amides is 2. The Hall–Kier alpha value is -3.18. The van der Waals surface area contributed by atoms with Gasteiger partial charge in [0.05, 0.1) is 12.6 Å². The summed E-state index contributed by atoms with van der Waals surface area (Å²) >= 11 is 0. The van der Waals surface area contributed by atoms with E-state index in [1.165, 1.54) is 0 Å². The maximum atomic E-state index is 12.0. The molecular weight excluding hydrogens is 450 g/mol. The molecule has 1 aromatic heterocycles. The number of likely N-dealkylation sites (tertiary alicyclic amines) is 1. The van der Waals surface area contributed by atoms with E-state index in [1.807, 2.05) is 18.2 Å². The van der Waals surface area contributed by atoms with Gasteiger partial charge in [-0.2, -0.15) is 4.98 Å². The third-order valence-electron chi connectivity index (χ3n) is 6.13. The number of methoxy groups -OCH3 is 1. The highest BCUT2D eigenvalue weighted by Crippen LogP contribution is 2.27. The van der Waals surface area contributed by atoms with Gasteiger partial charge in [-0.25, -0.2) is 10.5 Å². The molecule has 1 aliphatic rings. The second-order valence-corrected chi connectivity index (χ2v) is 8.87. The van der Waals surface area contributed by atoms with Crippen molar-refractivity contribution in [1.29, 1.82) is 0 Å². The Morgan fingerprint density at radius 3 is 2.54 bits per heavy atom. The van der Waals surface area contributed by atoms with Crippen molar-refractivity contribution in [3.63, 3.8) is 0 Å². The molecule has 35 heavy (non-hydrogen) atoms. The van der Waals surface area contributed by atoms with Gasteiger partial charge < -0.3 is 25.6 Å². The summed E-state index contributed by atoms with van der Waals surface area (Å²) in [5, 5.41) is 19.1. The molecule has 5 N–H and O–H groups in total. The molecule has 3 rings (SSSR count). The highest BCUT2D eigenvalue weighted by atomic mass is 16.5. The summed E-state index contributed by atoms with van der Waals surface area (Å²) in [6, 6.07) is 6.14. The fourth-order valence-electron chi connectivity index (χ4n) is 4.04. The predicted octanol–water partition coefficient (Wildman–Crippen LogP) is 2.13. The first-order valence-corrected chi connectivity index (χ1v) is 12.2. The molecule has 0 atom stereocenters. The lowest BCUT2D eigenvalue weighted by Gasteiger charge is -2.30. The number of fused-ring (bicyclic) bond motifs is 1. The highest BCUT2D eigenvalue weighted by molar-refractivity contribution is 5.91. The van der Waals surface area contributed by atoms with Crippen LogP contribution in [-0.2, 0) is 9.59 Å². The maximum absolute atomic E-state index is 12.0. The van der Waals surface area contributed by atoms with Crippen molar-refractivity contribution >= 4 is 34.5 Å². The molecule has 0 spiro atoms. The molecule has 2 aromatic rings. The zero-order valence-corrected chi connectivity index (χ0v) is 20.6. The summed E-state index contributed by atoms with van der Waals surface area (Å²) in [5.41, 5.74) is 2.39. The van der Waals surface area contributed by atoms with Gasteiger partial charge >= 0.3 is 0 Å². The van der Waals surface area contributed by atoms with Gasteiger partial charge in [0, 0.05) is 43.4 Å². The van der Waals surface area contributed by atoms with Gasteiger partial charge in [0.2, 0.25) is 17.8 Å². The number of hydrogen-bond donors (Lipinski definition) is 5. The van der Waals surface area contributed by atoms with Crippen LogP contribution in [-0.4, -0.2) is 78.3 Å². The molecule has 0 bridgehead atoms. The first kappa shape index (κ1) is 26.4. The molecule has 0 saturated carbocycles. The minimum absolute atomic E-state index is 0.0350. The normalized spacial score (nSPS) is 14.5. The van der Waals surface area contributed by atoms with E-state index in [0.29, 0.717) is 44.3 Å². The number of nitrogens with one attached hydrogen (secondary N) is 4. The standard InChI is InChI=1S/C24H37N7O4/c1-31-14-10-17(11-15-31)27-23-19-9-8-18(35-2)16-20(19)28-24(29-23)26-13-12-25-21(32)6-4-3-5-7-22(33)30-34/h8-9,16-17,34H,3-7,10-15H2,1-2H3,(H,25,32)(H,30,33)(H2,26,27,28,29). The molecule has 2 heterocycles. The lowest BCUT2D eigenvalue weighted by Crippen LogP contribution is -2.37. The first-order valence-electron chi connectivity index (χ1n) is 12.2. The van der Waals surface area contributed by atoms with Crippen LogP contribution in [0.3, 0.4) is 0 Å². The van der Waals surface area contributed by atoms with E-state index >= 15 is 0 Å². The van der Waals surface area contributed by atoms with Gasteiger partial charge in [-0.15, -0.1) is 0 Å². The number of carbonyl (C=O) groups excluding carboxylic acids is 2. The van der Waals surface area contributed by atoms with Gasteiger partial charge in [-0.1, -0.05) is 6.42 Å². The average molecular weight is 488 g/mol. The number of ether oxygens (including phenoxy) is 1. The van der Waals surface area contributed by atoms with Crippen LogP contribution in [0.4, 0.5) is 11.8 Å². The molecule has 192 valence electrons. The van der Waals surface area contributed by atoms with E-state index in [1.54, 1.807) is 12.6 Å². The maximum Gasteiger partial charge on any atom is 0.243 e. The Labute approximate surface area is 206 Å². The topological polar surface area (TPSA) is 141 Å². The summed E-state index contributed by atoms with van der Waals surface area (Å²) in [4.78, 5) is 34.7. The second kappa shape index (κ2) is 13.6. The van der Waals surface area contributed by atoms with Crippen molar-refractivity contribution < 1.29 is 19.5 Å². The van der Waals surface area contributed by atoms with Crippen LogP contribution in [0.5, 0.6) is 5.75 Å². The highest BCUT2D eigenvalue weighted by Gasteiger charge is 2.19. The van der Waals surface area contributed by atoms with Crippen molar-refractivity contribution in [3.8, 4) is 5.75 Å². The zero-order valence-electron chi connectivity index (χ0n) is 20.6. The monoisotopic (exact) mass is 487 g/mol. The molecule has 0 unspecified atom stereocenters. The van der Waals surface area contributed by atoms with E-state index in [0.717, 1.165) is 54.8 Å². The van der Waals surface area contributed by atoms with Crippen LogP contribution in [0, 0.1) is 0 Å². The van der Waals surface area contributed by atoms with Crippen LogP contribution in [0.15, 0.2) is 18.2 Å². The third-order valence-corrected chi connectivity index (χ3v) is 6.13.